The molecule has 1 aromatic heterocycles. The number of rotatable bonds is 4. The van der Waals surface area contributed by atoms with Crippen LogP contribution in [0.5, 0.6) is 10.9 Å². The van der Waals surface area contributed by atoms with Crippen molar-refractivity contribution in [3.05, 3.63) is 41.4 Å². The molecule has 0 N–H and O–H groups in total. The number of carbonyl (C=O) groups excluding carboxylic acids is 2. The first-order chi connectivity index (χ1) is 11.7. The molecular weight excluding hydrogens is 328 g/mol. The number of aromatic nitrogens is 1. The van der Waals surface area contributed by atoms with E-state index < -0.39 is 0 Å². The van der Waals surface area contributed by atoms with E-state index in [1.54, 1.807) is 35.4 Å². The first-order valence-corrected chi connectivity index (χ1v) is 8.60. The second-order valence-electron chi connectivity index (χ2n) is 5.51. The number of hydrogen-bond acceptors (Lipinski definition) is 6. The van der Waals surface area contributed by atoms with E-state index in [1.807, 2.05) is 5.38 Å². The van der Waals surface area contributed by atoms with E-state index in [9.17, 15) is 9.59 Å². The van der Waals surface area contributed by atoms with E-state index in [-0.39, 0.29) is 17.8 Å². The molecule has 1 fully saturated rings. The number of methoxy groups -OCH3 is 1. The molecule has 0 radical (unpaired) electrons. The third-order valence-electron chi connectivity index (χ3n) is 4.03. The highest BCUT2D eigenvalue weighted by Crippen LogP contribution is 2.24. The Kier molecular flexibility index (Phi) is 5.10. The summed E-state index contributed by atoms with van der Waals surface area (Å²) in [5, 5.41) is 2.41. The number of ether oxygens (including phenoxy) is 2. The van der Waals surface area contributed by atoms with Gasteiger partial charge in [-0.3, -0.25) is 9.59 Å². The highest BCUT2D eigenvalue weighted by molar-refractivity contribution is 7.11. The third kappa shape index (κ3) is 3.73. The Bertz CT molecular complexity index is 692. The summed E-state index contributed by atoms with van der Waals surface area (Å²) >= 11 is 1.41. The van der Waals surface area contributed by atoms with Gasteiger partial charge in [-0.2, -0.15) is 0 Å². The minimum absolute atomic E-state index is 0.0286. The summed E-state index contributed by atoms with van der Waals surface area (Å²) in [6, 6.07) is 7.01. The van der Waals surface area contributed by atoms with Crippen molar-refractivity contribution in [3.8, 4) is 10.9 Å². The van der Waals surface area contributed by atoms with Crippen LogP contribution in [0.3, 0.4) is 0 Å². The van der Waals surface area contributed by atoms with Crippen LogP contribution in [0.2, 0.25) is 0 Å². The molecule has 1 aliphatic heterocycles. The largest absolute Gasteiger partial charge is 0.469 e. The molecule has 7 heteroatoms. The number of esters is 1. The first-order valence-electron chi connectivity index (χ1n) is 7.72. The quantitative estimate of drug-likeness (QED) is 0.796. The summed E-state index contributed by atoms with van der Waals surface area (Å²) in [4.78, 5) is 29.9. The summed E-state index contributed by atoms with van der Waals surface area (Å²) in [6.45, 7) is 1.13. The van der Waals surface area contributed by atoms with Gasteiger partial charge in [0.05, 0.1) is 13.0 Å². The van der Waals surface area contributed by atoms with E-state index in [0.717, 1.165) is 0 Å². The zero-order chi connectivity index (χ0) is 16.9. The molecule has 0 aliphatic carbocycles. The fourth-order valence-electron chi connectivity index (χ4n) is 2.69. The van der Waals surface area contributed by atoms with Crippen molar-refractivity contribution in [1.82, 2.24) is 9.88 Å². The van der Waals surface area contributed by atoms with Gasteiger partial charge in [0, 0.05) is 30.2 Å². The second-order valence-corrected chi connectivity index (χ2v) is 6.37. The molecule has 6 nitrogen and oxygen atoms in total. The van der Waals surface area contributed by atoms with Crippen LogP contribution in [0, 0.1) is 5.92 Å². The average molecular weight is 346 g/mol. The Hall–Kier alpha value is -2.41. The van der Waals surface area contributed by atoms with E-state index >= 15 is 0 Å². The van der Waals surface area contributed by atoms with Crippen molar-refractivity contribution < 1.29 is 19.1 Å². The Morgan fingerprint density at radius 3 is 2.50 bits per heavy atom. The van der Waals surface area contributed by atoms with Crippen molar-refractivity contribution >= 4 is 23.2 Å². The van der Waals surface area contributed by atoms with E-state index in [0.29, 0.717) is 42.4 Å². The van der Waals surface area contributed by atoms with Crippen LogP contribution < -0.4 is 4.74 Å². The fraction of sp³-hybridized carbons (Fsp3) is 0.353. The van der Waals surface area contributed by atoms with Crippen LogP contribution in [0.25, 0.3) is 0 Å². The maximum atomic E-state index is 12.5. The number of carbonyl (C=O) groups is 2. The molecule has 3 rings (SSSR count). The monoisotopic (exact) mass is 346 g/mol. The lowest BCUT2D eigenvalue weighted by molar-refractivity contribution is -0.146. The molecule has 0 saturated carbocycles. The number of likely N-dealkylation sites (tertiary alicyclic amines) is 1. The lowest BCUT2D eigenvalue weighted by atomic mass is 9.96. The lowest BCUT2D eigenvalue weighted by Crippen LogP contribution is -2.40. The minimum atomic E-state index is -0.189. The molecule has 2 aromatic rings. The summed E-state index contributed by atoms with van der Waals surface area (Å²) in [7, 11) is 1.40. The van der Waals surface area contributed by atoms with Gasteiger partial charge >= 0.3 is 5.97 Å². The van der Waals surface area contributed by atoms with Crippen LogP contribution in [0.1, 0.15) is 23.2 Å². The standard InChI is InChI=1S/C17H18N2O4S/c1-22-16(21)13-6-9-19(10-7-13)15(20)12-2-4-14(5-3-12)23-17-18-8-11-24-17/h2-5,8,11,13H,6-7,9-10H2,1H3. The number of benzene rings is 1. The Balaban J connectivity index is 1.58. The van der Waals surface area contributed by atoms with E-state index in [1.165, 1.54) is 18.4 Å². The normalized spacial score (nSPS) is 15.1. The van der Waals surface area contributed by atoms with Gasteiger partial charge in [0.15, 0.2) is 0 Å². The number of piperidine rings is 1. The summed E-state index contributed by atoms with van der Waals surface area (Å²) < 4.78 is 10.3. The molecule has 0 spiro atoms. The molecule has 1 amide bonds. The molecule has 24 heavy (non-hydrogen) atoms. The average Bonchev–Trinajstić information content (AvgIpc) is 3.14. The van der Waals surface area contributed by atoms with E-state index in [2.05, 4.69) is 4.98 Å². The third-order valence-corrected chi connectivity index (χ3v) is 4.68. The van der Waals surface area contributed by atoms with Gasteiger partial charge in [0.1, 0.15) is 5.75 Å². The maximum absolute atomic E-state index is 12.5. The molecule has 1 aromatic carbocycles. The van der Waals surface area contributed by atoms with Crippen LogP contribution in [0.4, 0.5) is 0 Å². The van der Waals surface area contributed by atoms with Gasteiger partial charge in [0.25, 0.3) is 11.1 Å². The van der Waals surface area contributed by atoms with E-state index in [4.69, 9.17) is 9.47 Å². The highest BCUT2D eigenvalue weighted by Gasteiger charge is 2.28. The zero-order valence-electron chi connectivity index (χ0n) is 13.3. The van der Waals surface area contributed by atoms with Crippen molar-refractivity contribution in [2.75, 3.05) is 20.2 Å². The van der Waals surface area contributed by atoms with Crippen molar-refractivity contribution in [2.24, 2.45) is 5.92 Å². The number of nitrogens with zero attached hydrogens (tertiary/aromatic N) is 2. The van der Waals surface area contributed by atoms with Crippen molar-refractivity contribution in [2.45, 2.75) is 12.8 Å². The molecule has 1 aliphatic rings. The van der Waals surface area contributed by atoms with Crippen molar-refractivity contribution in [1.29, 1.82) is 0 Å². The highest BCUT2D eigenvalue weighted by atomic mass is 32.1. The fourth-order valence-corrected chi connectivity index (χ4v) is 3.20. The Labute approximate surface area is 144 Å². The lowest BCUT2D eigenvalue weighted by Gasteiger charge is -2.30. The molecule has 0 unspecified atom stereocenters. The van der Waals surface area contributed by atoms with Crippen LogP contribution in [-0.2, 0) is 9.53 Å². The Morgan fingerprint density at radius 2 is 1.92 bits per heavy atom. The van der Waals surface area contributed by atoms with Crippen LogP contribution in [0.15, 0.2) is 35.8 Å². The minimum Gasteiger partial charge on any atom is -0.469 e. The predicted octanol–water partition coefficient (Wildman–Crippen LogP) is 2.96. The molecule has 1 saturated heterocycles. The van der Waals surface area contributed by atoms with Crippen LogP contribution in [-0.4, -0.2) is 42.0 Å². The number of thiazole rings is 1. The maximum Gasteiger partial charge on any atom is 0.308 e. The topological polar surface area (TPSA) is 68.7 Å². The van der Waals surface area contributed by atoms with Crippen LogP contribution >= 0.6 is 11.3 Å². The van der Waals surface area contributed by atoms with Gasteiger partial charge in [-0.25, -0.2) is 4.98 Å². The number of hydrogen-bond donors (Lipinski definition) is 0. The van der Waals surface area contributed by atoms with Crippen molar-refractivity contribution in [3.63, 3.8) is 0 Å². The Morgan fingerprint density at radius 1 is 1.21 bits per heavy atom. The smallest absolute Gasteiger partial charge is 0.308 e. The number of amides is 1. The van der Waals surface area contributed by atoms with Gasteiger partial charge in [-0.1, -0.05) is 11.3 Å². The van der Waals surface area contributed by atoms with Gasteiger partial charge in [0.2, 0.25) is 0 Å². The molecule has 0 atom stereocenters. The molecule has 126 valence electrons. The SMILES string of the molecule is COC(=O)C1CCN(C(=O)c2ccc(Oc3nccs3)cc2)CC1. The molecule has 2 heterocycles. The zero-order valence-corrected chi connectivity index (χ0v) is 14.1. The summed E-state index contributed by atoms with van der Waals surface area (Å²) in [5.74, 6) is 0.323. The van der Waals surface area contributed by atoms with Gasteiger partial charge < -0.3 is 14.4 Å². The second kappa shape index (κ2) is 7.44. The van der Waals surface area contributed by atoms with Gasteiger partial charge in [-0.05, 0) is 37.1 Å². The summed E-state index contributed by atoms with van der Waals surface area (Å²) in [5.41, 5.74) is 0.609. The summed E-state index contributed by atoms with van der Waals surface area (Å²) in [6.07, 6.45) is 2.96. The van der Waals surface area contributed by atoms with Gasteiger partial charge in [-0.15, -0.1) is 0 Å². The predicted molar refractivity (Wildman–Crippen MR) is 89.3 cm³/mol. The molecular formula is C17H18N2O4S. The first kappa shape index (κ1) is 16.4. The molecule has 0 bridgehead atoms.